The fourth-order valence-electron chi connectivity index (χ4n) is 2.51. The van der Waals surface area contributed by atoms with E-state index in [0.717, 1.165) is 22.4 Å². The van der Waals surface area contributed by atoms with Crippen molar-refractivity contribution in [3.8, 4) is 0 Å². The molecule has 0 aliphatic rings. The van der Waals surface area contributed by atoms with E-state index in [9.17, 15) is 4.79 Å². The number of hydrogen-bond acceptors (Lipinski definition) is 3. The molecular weight excluding hydrogens is 359 g/mol. The van der Waals surface area contributed by atoms with Crippen molar-refractivity contribution >= 4 is 45.9 Å². The molecule has 0 aliphatic carbocycles. The number of rotatable bonds is 4. The Kier molecular flexibility index (Phi) is 5.06. The first-order valence-electron chi connectivity index (χ1n) is 7.66. The van der Waals surface area contributed by atoms with Gasteiger partial charge >= 0.3 is 0 Å². The van der Waals surface area contributed by atoms with E-state index < -0.39 is 0 Å². The molecule has 0 unspecified atom stereocenters. The number of carbonyl (C=O) groups excluding carboxylic acids is 1. The molecule has 128 valence electrons. The standard InChI is InChI=1S/C18H16Cl2N4O/c1-11(13-7-8-14(19)15(20)9-13)22-23-18(25)10-24-12(2)21-16-5-3-4-6-17(16)24/h3-9H,10H2,1-2H3,(H,23,25)/b22-11+. The lowest BCUT2D eigenvalue weighted by Gasteiger charge is -2.07. The van der Waals surface area contributed by atoms with E-state index in [2.05, 4.69) is 15.5 Å². The number of para-hydroxylation sites is 2. The van der Waals surface area contributed by atoms with Crippen LogP contribution in [0.15, 0.2) is 47.6 Å². The average molecular weight is 375 g/mol. The lowest BCUT2D eigenvalue weighted by molar-refractivity contribution is -0.121. The second-order valence-corrected chi connectivity index (χ2v) is 6.41. The molecule has 3 rings (SSSR count). The molecule has 0 aliphatic heterocycles. The second-order valence-electron chi connectivity index (χ2n) is 5.59. The molecule has 0 saturated heterocycles. The van der Waals surface area contributed by atoms with Crippen LogP contribution in [0.4, 0.5) is 0 Å². The summed E-state index contributed by atoms with van der Waals surface area (Å²) in [5, 5.41) is 5.06. The number of fused-ring (bicyclic) bond motifs is 1. The van der Waals surface area contributed by atoms with Gasteiger partial charge in [0.2, 0.25) is 0 Å². The van der Waals surface area contributed by atoms with E-state index in [1.54, 1.807) is 25.1 Å². The number of imidazole rings is 1. The molecule has 2 aromatic carbocycles. The van der Waals surface area contributed by atoms with Crippen LogP contribution < -0.4 is 5.43 Å². The summed E-state index contributed by atoms with van der Waals surface area (Å²) in [6.07, 6.45) is 0. The zero-order valence-electron chi connectivity index (χ0n) is 13.8. The third-order valence-electron chi connectivity index (χ3n) is 3.83. The zero-order chi connectivity index (χ0) is 18.0. The minimum Gasteiger partial charge on any atom is -0.319 e. The van der Waals surface area contributed by atoms with Crippen LogP contribution >= 0.6 is 23.2 Å². The SMILES string of the molecule is C/C(=N\NC(=O)Cn1c(C)nc2ccccc21)c1ccc(Cl)c(Cl)c1. The maximum atomic E-state index is 12.2. The number of benzene rings is 2. The van der Waals surface area contributed by atoms with Crippen molar-refractivity contribution in [2.45, 2.75) is 20.4 Å². The van der Waals surface area contributed by atoms with Crippen LogP contribution in [0.2, 0.25) is 10.0 Å². The molecule has 0 fully saturated rings. The smallest absolute Gasteiger partial charge is 0.260 e. The van der Waals surface area contributed by atoms with Crippen molar-refractivity contribution in [1.82, 2.24) is 15.0 Å². The topological polar surface area (TPSA) is 59.3 Å². The first-order chi connectivity index (χ1) is 12.0. The van der Waals surface area contributed by atoms with Crippen molar-refractivity contribution in [2.24, 2.45) is 5.10 Å². The van der Waals surface area contributed by atoms with E-state index in [-0.39, 0.29) is 12.5 Å². The summed E-state index contributed by atoms with van der Waals surface area (Å²) in [7, 11) is 0. The molecule has 0 spiro atoms. The molecule has 25 heavy (non-hydrogen) atoms. The van der Waals surface area contributed by atoms with Crippen LogP contribution in [-0.2, 0) is 11.3 Å². The summed E-state index contributed by atoms with van der Waals surface area (Å²) in [5.74, 6) is 0.548. The summed E-state index contributed by atoms with van der Waals surface area (Å²) < 4.78 is 1.86. The van der Waals surface area contributed by atoms with E-state index in [0.29, 0.717) is 15.8 Å². The minimum atomic E-state index is -0.231. The van der Waals surface area contributed by atoms with E-state index in [4.69, 9.17) is 23.2 Å². The Morgan fingerprint density at radius 2 is 1.96 bits per heavy atom. The molecule has 0 atom stereocenters. The number of nitrogens with zero attached hydrogens (tertiary/aromatic N) is 3. The molecule has 0 radical (unpaired) electrons. The number of hydrazone groups is 1. The Labute approximate surface area is 155 Å². The highest BCUT2D eigenvalue weighted by Gasteiger charge is 2.10. The van der Waals surface area contributed by atoms with E-state index in [1.807, 2.05) is 35.8 Å². The van der Waals surface area contributed by atoms with Gasteiger partial charge in [-0.05, 0) is 43.7 Å². The van der Waals surface area contributed by atoms with Gasteiger partial charge in [-0.15, -0.1) is 0 Å². The van der Waals surface area contributed by atoms with Crippen molar-refractivity contribution in [3.63, 3.8) is 0 Å². The number of nitrogens with one attached hydrogen (secondary N) is 1. The number of carbonyl (C=O) groups is 1. The molecule has 1 amide bonds. The van der Waals surface area contributed by atoms with Gasteiger partial charge in [-0.25, -0.2) is 10.4 Å². The first-order valence-corrected chi connectivity index (χ1v) is 8.41. The molecule has 0 bridgehead atoms. The van der Waals surface area contributed by atoms with Gasteiger partial charge in [0.15, 0.2) is 0 Å². The third kappa shape index (κ3) is 3.83. The van der Waals surface area contributed by atoms with E-state index >= 15 is 0 Å². The second kappa shape index (κ2) is 7.25. The molecule has 1 N–H and O–H groups in total. The predicted molar refractivity (Wildman–Crippen MR) is 101 cm³/mol. The quantitative estimate of drug-likeness (QED) is 0.549. The van der Waals surface area contributed by atoms with Crippen LogP contribution in [0.5, 0.6) is 0 Å². The van der Waals surface area contributed by atoms with Gasteiger partial charge in [0, 0.05) is 0 Å². The molecule has 0 saturated carbocycles. The molecule has 3 aromatic rings. The molecule has 1 heterocycles. The zero-order valence-corrected chi connectivity index (χ0v) is 15.3. The van der Waals surface area contributed by atoms with Gasteiger partial charge in [-0.1, -0.05) is 41.4 Å². The molecule has 1 aromatic heterocycles. The normalized spacial score (nSPS) is 11.8. The van der Waals surface area contributed by atoms with Gasteiger partial charge in [0.05, 0.1) is 26.8 Å². The van der Waals surface area contributed by atoms with Crippen LogP contribution in [0.3, 0.4) is 0 Å². The van der Waals surface area contributed by atoms with Gasteiger partial charge < -0.3 is 4.57 Å². The molecule has 5 nitrogen and oxygen atoms in total. The van der Waals surface area contributed by atoms with Crippen LogP contribution in [0.25, 0.3) is 11.0 Å². The Morgan fingerprint density at radius 3 is 2.72 bits per heavy atom. The summed E-state index contributed by atoms with van der Waals surface area (Å²) >= 11 is 11.9. The lowest BCUT2D eigenvalue weighted by atomic mass is 10.1. The average Bonchev–Trinajstić information content (AvgIpc) is 2.91. The largest absolute Gasteiger partial charge is 0.319 e. The Balaban J connectivity index is 1.73. The van der Waals surface area contributed by atoms with Gasteiger partial charge in [0.1, 0.15) is 12.4 Å². The Morgan fingerprint density at radius 1 is 1.20 bits per heavy atom. The number of amides is 1. The number of hydrogen-bond donors (Lipinski definition) is 1. The highest BCUT2D eigenvalue weighted by Crippen LogP contribution is 2.22. The highest BCUT2D eigenvalue weighted by molar-refractivity contribution is 6.42. The van der Waals surface area contributed by atoms with Crippen molar-refractivity contribution < 1.29 is 4.79 Å². The summed E-state index contributed by atoms with van der Waals surface area (Å²) in [5.41, 5.74) is 5.78. The maximum absolute atomic E-state index is 12.2. The fourth-order valence-corrected chi connectivity index (χ4v) is 2.80. The fraction of sp³-hybridized carbons (Fsp3) is 0.167. The highest BCUT2D eigenvalue weighted by atomic mass is 35.5. The Bertz CT molecular complexity index is 978. The van der Waals surface area contributed by atoms with Gasteiger partial charge in [-0.3, -0.25) is 4.79 Å². The monoisotopic (exact) mass is 374 g/mol. The number of halogens is 2. The van der Waals surface area contributed by atoms with Crippen molar-refractivity contribution in [3.05, 3.63) is 63.9 Å². The van der Waals surface area contributed by atoms with Crippen molar-refractivity contribution in [2.75, 3.05) is 0 Å². The number of aryl methyl sites for hydroxylation is 1. The lowest BCUT2D eigenvalue weighted by Crippen LogP contribution is -2.24. The molecular formula is C18H16Cl2N4O. The number of aromatic nitrogens is 2. The minimum absolute atomic E-state index is 0.143. The summed E-state index contributed by atoms with van der Waals surface area (Å²) in [4.78, 5) is 16.7. The molecule has 7 heteroatoms. The van der Waals surface area contributed by atoms with Gasteiger partial charge in [0.25, 0.3) is 5.91 Å². The van der Waals surface area contributed by atoms with Crippen LogP contribution in [0.1, 0.15) is 18.3 Å². The van der Waals surface area contributed by atoms with Crippen molar-refractivity contribution in [1.29, 1.82) is 0 Å². The summed E-state index contributed by atoms with van der Waals surface area (Å²) in [6.45, 7) is 3.81. The summed E-state index contributed by atoms with van der Waals surface area (Å²) in [6, 6.07) is 12.9. The first kappa shape index (κ1) is 17.5. The predicted octanol–water partition coefficient (Wildman–Crippen LogP) is 4.19. The van der Waals surface area contributed by atoms with E-state index in [1.165, 1.54) is 0 Å². The van der Waals surface area contributed by atoms with Crippen LogP contribution in [-0.4, -0.2) is 21.2 Å². The Hall–Kier alpha value is -2.37. The maximum Gasteiger partial charge on any atom is 0.260 e. The third-order valence-corrected chi connectivity index (χ3v) is 4.57. The van der Waals surface area contributed by atoms with Gasteiger partial charge in [-0.2, -0.15) is 5.10 Å². The van der Waals surface area contributed by atoms with Crippen LogP contribution in [0, 0.1) is 6.92 Å².